The number of ether oxygens (including phenoxy) is 1. The van der Waals surface area contributed by atoms with Gasteiger partial charge in [-0.1, -0.05) is 55.1 Å². The van der Waals surface area contributed by atoms with Gasteiger partial charge in [0.15, 0.2) is 5.65 Å². The second-order valence-corrected chi connectivity index (χ2v) is 10.3. The van der Waals surface area contributed by atoms with Crippen LogP contribution in [0.2, 0.25) is 0 Å². The van der Waals surface area contributed by atoms with Crippen LogP contribution in [0.4, 0.5) is 5.82 Å². The normalized spacial score (nSPS) is 17.1. The summed E-state index contributed by atoms with van der Waals surface area (Å²) in [5, 5.41) is 12.3. The number of fused-ring (bicyclic) bond motifs is 1. The van der Waals surface area contributed by atoms with E-state index in [4.69, 9.17) is 9.84 Å². The lowest BCUT2D eigenvalue weighted by atomic mass is 9.94. The number of para-hydroxylation sites is 1. The fraction of sp³-hybridized carbons (Fsp3) is 0.250. The summed E-state index contributed by atoms with van der Waals surface area (Å²) in [6.45, 7) is 9.91. The van der Waals surface area contributed by atoms with Crippen molar-refractivity contribution in [2.75, 3.05) is 38.7 Å². The number of nitrogens with zero attached hydrogens (tertiary/aromatic N) is 6. The van der Waals surface area contributed by atoms with Crippen molar-refractivity contribution in [3.8, 4) is 16.9 Å². The summed E-state index contributed by atoms with van der Waals surface area (Å²) in [5.74, 6) is 1.89. The van der Waals surface area contributed by atoms with E-state index in [1.165, 1.54) is 5.56 Å². The number of pyridine rings is 1. The molecule has 4 heterocycles. The molecule has 0 aliphatic carbocycles. The zero-order chi connectivity index (χ0) is 28.2. The Morgan fingerprint density at radius 1 is 1.00 bits per heavy atom. The first-order chi connectivity index (χ1) is 20.1. The third-order valence-corrected chi connectivity index (χ3v) is 7.58. The van der Waals surface area contributed by atoms with Crippen LogP contribution in [0.1, 0.15) is 17.0 Å². The molecule has 6 rings (SSSR count). The Morgan fingerprint density at radius 2 is 1.76 bits per heavy atom. The highest BCUT2D eigenvalue weighted by Crippen LogP contribution is 2.32. The third-order valence-electron chi connectivity index (χ3n) is 7.58. The van der Waals surface area contributed by atoms with Gasteiger partial charge in [0.05, 0.1) is 23.8 Å². The average Bonchev–Trinajstić information content (AvgIpc) is 3.56. The zero-order valence-corrected chi connectivity index (χ0v) is 23.4. The van der Waals surface area contributed by atoms with Crippen molar-refractivity contribution in [3.63, 3.8) is 0 Å². The van der Waals surface area contributed by atoms with Crippen molar-refractivity contribution in [1.29, 1.82) is 0 Å². The van der Waals surface area contributed by atoms with Crippen LogP contribution >= 0.6 is 0 Å². The first-order valence-corrected chi connectivity index (χ1v) is 13.8. The predicted molar refractivity (Wildman–Crippen MR) is 162 cm³/mol. The number of nitrogens with one attached hydrogen (secondary N) is 2. The van der Waals surface area contributed by atoms with Gasteiger partial charge in [-0.2, -0.15) is 5.10 Å². The van der Waals surface area contributed by atoms with Gasteiger partial charge < -0.3 is 15.4 Å². The fourth-order valence-corrected chi connectivity index (χ4v) is 5.54. The topological polar surface area (TPSA) is 93.0 Å². The molecule has 0 saturated carbocycles. The number of rotatable bonds is 10. The molecule has 1 saturated heterocycles. The molecular weight excluding hydrogens is 512 g/mol. The van der Waals surface area contributed by atoms with E-state index in [0.717, 1.165) is 59.3 Å². The molecule has 1 fully saturated rings. The molecule has 1 aliphatic rings. The van der Waals surface area contributed by atoms with Gasteiger partial charge in [-0.15, -0.1) is 0 Å². The summed E-state index contributed by atoms with van der Waals surface area (Å²) < 4.78 is 7.28. The lowest BCUT2D eigenvalue weighted by Crippen LogP contribution is -2.37. The van der Waals surface area contributed by atoms with Gasteiger partial charge in [0.2, 0.25) is 0 Å². The van der Waals surface area contributed by atoms with Crippen molar-refractivity contribution >= 4 is 17.0 Å². The van der Waals surface area contributed by atoms with E-state index in [0.29, 0.717) is 18.2 Å². The number of aromatic nitrogens is 5. The maximum absolute atomic E-state index is 5.36. The van der Waals surface area contributed by atoms with E-state index < -0.39 is 0 Å². The number of benzene rings is 2. The molecule has 9 heteroatoms. The van der Waals surface area contributed by atoms with Gasteiger partial charge in [0.25, 0.3) is 0 Å². The van der Waals surface area contributed by atoms with Gasteiger partial charge >= 0.3 is 0 Å². The van der Waals surface area contributed by atoms with Gasteiger partial charge in [-0.25, -0.2) is 14.6 Å². The van der Waals surface area contributed by atoms with Crippen LogP contribution in [0.25, 0.3) is 28.1 Å². The Labute approximate surface area is 239 Å². The maximum atomic E-state index is 5.36. The first-order valence-electron chi connectivity index (χ1n) is 13.8. The van der Waals surface area contributed by atoms with Crippen molar-refractivity contribution in [2.24, 2.45) is 0 Å². The van der Waals surface area contributed by atoms with E-state index >= 15 is 0 Å². The molecule has 208 valence electrons. The minimum Gasteiger partial charge on any atom is -0.383 e. The molecule has 9 nitrogen and oxygen atoms in total. The van der Waals surface area contributed by atoms with E-state index in [1.807, 2.05) is 41.1 Å². The van der Waals surface area contributed by atoms with E-state index in [-0.39, 0.29) is 6.04 Å². The summed E-state index contributed by atoms with van der Waals surface area (Å²) in [6, 6.07) is 22.9. The summed E-state index contributed by atoms with van der Waals surface area (Å²) in [5.41, 5.74) is 6.27. The molecule has 1 unspecified atom stereocenters. The molecule has 1 aliphatic heterocycles. The second kappa shape index (κ2) is 11.9. The molecule has 5 aromatic rings. The SMILES string of the molecule is C=C(Nc1c(C)c(-c2cnc3nccnc3c2)nn1-c1ccccc1)NC1CN(CCOC)C[C@H]1c1ccccc1. The van der Waals surface area contributed by atoms with Crippen LogP contribution in [-0.4, -0.2) is 69.0 Å². The quantitative estimate of drug-likeness (QED) is 0.259. The summed E-state index contributed by atoms with van der Waals surface area (Å²) in [6.07, 6.45) is 5.12. The molecule has 0 spiro atoms. The van der Waals surface area contributed by atoms with Gasteiger partial charge in [-0.3, -0.25) is 9.88 Å². The summed E-state index contributed by atoms with van der Waals surface area (Å²) >= 11 is 0. The molecule has 2 atom stereocenters. The minimum absolute atomic E-state index is 0.186. The summed E-state index contributed by atoms with van der Waals surface area (Å²) in [7, 11) is 1.75. The molecule has 3 aromatic heterocycles. The highest BCUT2D eigenvalue weighted by atomic mass is 16.5. The molecule has 0 amide bonds. The number of methoxy groups -OCH3 is 1. The number of anilines is 1. The fourth-order valence-electron chi connectivity index (χ4n) is 5.54. The smallest absolute Gasteiger partial charge is 0.178 e. The molecule has 2 N–H and O–H groups in total. The Morgan fingerprint density at radius 3 is 2.54 bits per heavy atom. The van der Waals surface area contributed by atoms with Crippen LogP contribution in [0, 0.1) is 6.92 Å². The highest BCUT2D eigenvalue weighted by molar-refractivity contribution is 5.79. The van der Waals surface area contributed by atoms with Gasteiger partial charge in [0.1, 0.15) is 11.3 Å². The van der Waals surface area contributed by atoms with E-state index in [1.54, 1.807) is 25.7 Å². The number of likely N-dealkylation sites (tertiary alicyclic amines) is 1. The minimum atomic E-state index is 0.186. The Bertz CT molecular complexity index is 1640. The van der Waals surface area contributed by atoms with Crippen LogP contribution in [0.15, 0.2) is 97.7 Å². The molecule has 0 bridgehead atoms. The Kier molecular flexibility index (Phi) is 7.71. The van der Waals surface area contributed by atoms with E-state index in [9.17, 15) is 0 Å². The van der Waals surface area contributed by atoms with Crippen LogP contribution in [0.5, 0.6) is 0 Å². The lowest BCUT2D eigenvalue weighted by Gasteiger charge is -2.24. The molecular formula is C32H34N8O. The van der Waals surface area contributed by atoms with Crippen molar-refractivity contribution < 1.29 is 4.74 Å². The van der Waals surface area contributed by atoms with Crippen molar-refractivity contribution in [3.05, 3.63) is 109 Å². The monoisotopic (exact) mass is 546 g/mol. The van der Waals surface area contributed by atoms with Gasteiger partial charge in [-0.05, 0) is 30.7 Å². The first kappa shape index (κ1) is 26.6. The summed E-state index contributed by atoms with van der Waals surface area (Å²) in [4.78, 5) is 15.7. The average molecular weight is 547 g/mol. The van der Waals surface area contributed by atoms with Crippen molar-refractivity contribution in [2.45, 2.75) is 18.9 Å². The Balaban J connectivity index is 1.30. The van der Waals surface area contributed by atoms with Crippen LogP contribution in [0.3, 0.4) is 0 Å². The van der Waals surface area contributed by atoms with Gasteiger partial charge in [0, 0.05) is 68.4 Å². The zero-order valence-electron chi connectivity index (χ0n) is 23.4. The molecule has 2 aromatic carbocycles. The van der Waals surface area contributed by atoms with Crippen LogP contribution < -0.4 is 10.6 Å². The van der Waals surface area contributed by atoms with Crippen molar-refractivity contribution in [1.82, 2.24) is 34.9 Å². The predicted octanol–water partition coefficient (Wildman–Crippen LogP) is 4.77. The standard InChI is InChI=1S/C32H34N8O/c1-22-30(25-18-28-31(35-19-25)34-15-14-33-28)38-40(26-12-8-5-9-13-26)32(22)37-23(2)36-29-21-39(16-17-41-3)20-27(29)24-10-6-4-7-11-24/h4-15,18-19,27,29,36-37H,2,16-17,20-21H2,1,3H3/t27-,29?/m0/s1. The van der Waals surface area contributed by atoms with Crippen LogP contribution in [-0.2, 0) is 4.74 Å². The number of hydrogen-bond donors (Lipinski definition) is 2. The third kappa shape index (κ3) is 5.68. The highest BCUT2D eigenvalue weighted by Gasteiger charge is 2.34. The molecule has 0 radical (unpaired) electrons. The molecule has 41 heavy (non-hydrogen) atoms. The maximum Gasteiger partial charge on any atom is 0.178 e. The lowest BCUT2D eigenvalue weighted by molar-refractivity contribution is 0.159. The second-order valence-electron chi connectivity index (χ2n) is 10.3. The largest absolute Gasteiger partial charge is 0.383 e. The number of hydrogen-bond acceptors (Lipinski definition) is 8. The van der Waals surface area contributed by atoms with E-state index in [2.05, 4.69) is 74.3 Å². The Hall–Kier alpha value is -4.60.